The van der Waals surface area contributed by atoms with Crippen molar-refractivity contribution in [2.75, 3.05) is 17.3 Å². The van der Waals surface area contributed by atoms with Crippen LogP contribution < -0.4 is 5.32 Å². The molecule has 2 rings (SSSR count). The highest BCUT2D eigenvalue weighted by Gasteiger charge is 2.12. The molecule has 130 valence electrons. The molecule has 0 aliphatic rings. The second-order valence-corrected chi connectivity index (χ2v) is 8.67. The van der Waals surface area contributed by atoms with Gasteiger partial charge in [-0.05, 0) is 43.3 Å². The molecular formula is C18H18N2O3S2. The Labute approximate surface area is 152 Å². The van der Waals surface area contributed by atoms with Crippen molar-refractivity contribution in [1.29, 1.82) is 5.26 Å². The summed E-state index contributed by atoms with van der Waals surface area (Å²) in [7, 11) is -3.29. The molecule has 0 bridgehead atoms. The van der Waals surface area contributed by atoms with Gasteiger partial charge in [0.05, 0.1) is 22.6 Å². The van der Waals surface area contributed by atoms with E-state index in [4.69, 9.17) is 5.26 Å². The fourth-order valence-electron chi connectivity index (χ4n) is 2.00. The summed E-state index contributed by atoms with van der Waals surface area (Å²) in [5, 5.41) is 11.7. The van der Waals surface area contributed by atoms with Gasteiger partial charge in [0.2, 0.25) is 0 Å². The zero-order valence-electron chi connectivity index (χ0n) is 13.9. The highest BCUT2D eigenvalue weighted by atomic mass is 32.2. The van der Waals surface area contributed by atoms with E-state index in [1.54, 1.807) is 6.07 Å². The fourth-order valence-corrected chi connectivity index (χ4v) is 3.58. The Balaban J connectivity index is 2.14. The van der Waals surface area contributed by atoms with Crippen LogP contribution in [0.1, 0.15) is 17.3 Å². The standard InChI is InChI=1S/C18H18N2O3S2/c1-13(11-19)12-24-17-6-4-3-5-16(17)20-18(21)14-7-9-15(10-8-14)25(2,22)23/h3-10,13H,12H2,1-2H3,(H,20,21)/t13-/m0/s1. The molecule has 1 amide bonds. The van der Waals surface area contributed by atoms with E-state index >= 15 is 0 Å². The number of anilines is 1. The molecule has 1 N–H and O–H groups in total. The zero-order chi connectivity index (χ0) is 18.4. The molecule has 0 saturated carbocycles. The average molecular weight is 374 g/mol. The van der Waals surface area contributed by atoms with Crippen molar-refractivity contribution in [1.82, 2.24) is 0 Å². The first-order valence-electron chi connectivity index (χ1n) is 7.54. The maximum Gasteiger partial charge on any atom is 0.255 e. The van der Waals surface area contributed by atoms with Crippen molar-refractivity contribution in [3.05, 3.63) is 54.1 Å². The van der Waals surface area contributed by atoms with Gasteiger partial charge in [-0.1, -0.05) is 12.1 Å². The number of hydrogen-bond donors (Lipinski definition) is 1. The van der Waals surface area contributed by atoms with E-state index < -0.39 is 9.84 Å². The van der Waals surface area contributed by atoms with Gasteiger partial charge in [-0.3, -0.25) is 4.79 Å². The lowest BCUT2D eigenvalue weighted by Crippen LogP contribution is -2.13. The van der Waals surface area contributed by atoms with Gasteiger partial charge in [-0.25, -0.2) is 8.42 Å². The predicted octanol–water partition coefficient (Wildman–Crippen LogP) is 3.59. The molecule has 2 aromatic carbocycles. The van der Waals surface area contributed by atoms with Crippen LogP contribution in [0.25, 0.3) is 0 Å². The van der Waals surface area contributed by atoms with Crippen molar-refractivity contribution in [2.24, 2.45) is 5.92 Å². The Morgan fingerprint density at radius 3 is 2.44 bits per heavy atom. The number of thioether (sulfide) groups is 1. The van der Waals surface area contributed by atoms with Gasteiger partial charge in [0.1, 0.15) is 0 Å². The van der Waals surface area contributed by atoms with Gasteiger partial charge < -0.3 is 5.32 Å². The van der Waals surface area contributed by atoms with Crippen molar-refractivity contribution in [3.63, 3.8) is 0 Å². The third kappa shape index (κ3) is 5.34. The van der Waals surface area contributed by atoms with Gasteiger partial charge in [0.25, 0.3) is 5.91 Å². The van der Waals surface area contributed by atoms with Crippen LogP contribution in [0, 0.1) is 17.2 Å². The van der Waals surface area contributed by atoms with Crippen LogP contribution in [0.5, 0.6) is 0 Å². The highest BCUT2D eigenvalue weighted by Crippen LogP contribution is 2.28. The Morgan fingerprint density at radius 1 is 1.20 bits per heavy atom. The number of nitrogens with zero attached hydrogens (tertiary/aromatic N) is 1. The number of hydrogen-bond acceptors (Lipinski definition) is 5. The van der Waals surface area contributed by atoms with E-state index in [2.05, 4.69) is 11.4 Å². The predicted molar refractivity (Wildman–Crippen MR) is 99.4 cm³/mol. The molecule has 0 radical (unpaired) electrons. The van der Waals surface area contributed by atoms with E-state index in [0.717, 1.165) is 11.2 Å². The molecular weight excluding hydrogens is 356 g/mol. The summed E-state index contributed by atoms with van der Waals surface area (Å²) < 4.78 is 23.0. The van der Waals surface area contributed by atoms with E-state index in [9.17, 15) is 13.2 Å². The number of benzene rings is 2. The Bertz CT molecular complexity index is 901. The first kappa shape index (κ1) is 19.0. The van der Waals surface area contributed by atoms with Gasteiger partial charge in [-0.15, -0.1) is 11.8 Å². The first-order valence-corrected chi connectivity index (χ1v) is 10.4. The molecule has 0 aliphatic carbocycles. The average Bonchev–Trinajstić information content (AvgIpc) is 2.60. The summed E-state index contributed by atoms with van der Waals surface area (Å²) >= 11 is 1.51. The number of amides is 1. The number of sulfone groups is 1. The van der Waals surface area contributed by atoms with Crippen LogP contribution in [0.2, 0.25) is 0 Å². The molecule has 7 heteroatoms. The number of carbonyl (C=O) groups excluding carboxylic acids is 1. The Morgan fingerprint density at radius 2 is 1.84 bits per heavy atom. The molecule has 5 nitrogen and oxygen atoms in total. The first-order chi connectivity index (χ1) is 11.8. The third-order valence-electron chi connectivity index (χ3n) is 3.39. The molecule has 0 aromatic heterocycles. The fraction of sp³-hybridized carbons (Fsp3) is 0.222. The lowest BCUT2D eigenvalue weighted by atomic mass is 10.2. The summed E-state index contributed by atoms with van der Waals surface area (Å²) in [5.74, 6) is 0.227. The SMILES string of the molecule is C[C@@H](C#N)CSc1ccccc1NC(=O)c1ccc(S(C)(=O)=O)cc1. The second kappa shape index (κ2) is 8.19. The molecule has 2 aromatic rings. The zero-order valence-corrected chi connectivity index (χ0v) is 15.5. The Hall–Kier alpha value is -2.30. The van der Waals surface area contributed by atoms with Crippen molar-refractivity contribution in [3.8, 4) is 6.07 Å². The van der Waals surface area contributed by atoms with Gasteiger partial charge in [-0.2, -0.15) is 5.26 Å². The molecule has 0 heterocycles. The van der Waals surface area contributed by atoms with E-state index in [0.29, 0.717) is 17.0 Å². The van der Waals surface area contributed by atoms with Crippen LogP contribution in [-0.4, -0.2) is 26.3 Å². The highest BCUT2D eigenvalue weighted by molar-refractivity contribution is 7.99. The summed E-state index contributed by atoms with van der Waals surface area (Å²) in [6.45, 7) is 1.84. The minimum absolute atomic E-state index is 0.0858. The van der Waals surface area contributed by atoms with Gasteiger partial charge >= 0.3 is 0 Å². The van der Waals surface area contributed by atoms with Crippen molar-refractivity contribution >= 4 is 33.2 Å². The van der Waals surface area contributed by atoms with Crippen LogP contribution >= 0.6 is 11.8 Å². The van der Waals surface area contributed by atoms with E-state index in [-0.39, 0.29) is 16.7 Å². The maximum atomic E-state index is 12.4. The number of rotatable bonds is 6. The minimum Gasteiger partial charge on any atom is -0.321 e. The summed E-state index contributed by atoms with van der Waals surface area (Å²) in [4.78, 5) is 13.5. The largest absolute Gasteiger partial charge is 0.321 e. The normalized spacial score (nSPS) is 12.2. The maximum absolute atomic E-state index is 12.4. The lowest BCUT2D eigenvalue weighted by molar-refractivity contribution is 0.102. The quantitative estimate of drug-likeness (QED) is 0.781. The summed E-state index contributed by atoms with van der Waals surface area (Å²) in [5.41, 5.74) is 1.03. The monoisotopic (exact) mass is 374 g/mol. The van der Waals surface area contributed by atoms with Gasteiger partial charge in [0.15, 0.2) is 9.84 Å². The topological polar surface area (TPSA) is 87.0 Å². The Kier molecular flexibility index (Phi) is 6.23. The number of nitriles is 1. The smallest absolute Gasteiger partial charge is 0.255 e. The van der Waals surface area contributed by atoms with Crippen LogP contribution in [0.3, 0.4) is 0 Å². The molecule has 0 unspecified atom stereocenters. The van der Waals surface area contributed by atoms with Crippen molar-refractivity contribution < 1.29 is 13.2 Å². The molecule has 1 atom stereocenters. The minimum atomic E-state index is -3.29. The van der Waals surface area contributed by atoms with Crippen LogP contribution in [0.4, 0.5) is 5.69 Å². The van der Waals surface area contributed by atoms with E-state index in [1.807, 2.05) is 25.1 Å². The van der Waals surface area contributed by atoms with Crippen LogP contribution in [0.15, 0.2) is 58.3 Å². The molecule has 0 saturated heterocycles. The molecule has 25 heavy (non-hydrogen) atoms. The van der Waals surface area contributed by atoms with Crippen molar-refractivity contribution in [2.45, 2.75) is 16.7 Å². The number of para-hydroxylation sites is 1. The number of nitrogens with one attached hydrogen (secondary N) is 1. The molecule has 0 aliphatic heterocycles. The van der Waals surface area contributed by atoms with Crippen LogP contribution in [-0.2, 0) is 9.84 Å². The molecule has 0 spiro atoms. The summed E-state index contributed by atoms with van der Waals surface area (Å²) in [6, 6.07) is 15.4. The van der Waals surface area contributed by atoms with Gasteiger partial charge in [0, 0.05) is 22.5 Å². The third-order valence-corrected chi connectivity index (χ3v) is 5.85. The lowest BCUT2D eigenvalue weighted by Gasteiger charge is -2.11. The van der Waals surface area contributed by atoms with E-state index in [1.165, 1.54) is 36.0 Å². The second-order valence-electron chi connectivity index (χ2n) is 5.59. The molecule has 0 fully saturated rings. The summed E-state index contributed by atoms with van der Waals surface area (Å²) in [6.07, 6.45) is 1.12. The number of carbonyl (C=O) groups is 1.